The van der Waals surface area contributed by atoms with Crippen LogP contribution in [0.5, 0.6) is 5.75 Å². The van der Waals surface area contributed by atoms with E-state index in [9.17, 15) is 5.11 Å². The van der Waals surface area contributed by atoms with Crippen molar-refractivity contribution in [1.29, 1.82) is 0 Å². The van der Waals surface area contributed by atoms with Gasteiger partial charge >= 0.3 is 0 Å². The Kier molecular flexibility index (Phi) is 4.48. The molecular weight excluding hydrogens is 272 g/mol. The fourth-order valence-corrected chi connectivity index (χ4v) is 1.99. The molecule has 0 bridgehead atoms. The molecule has 0 aliphatic carbocycles. The molecule has 2 nitrogen and oxygen atoms in total. The topological polar surface area (TPSA) is 29.5 Å². The molecule has 0 aliphatic heterocycles. The minimum atomic E-state index is -1.06. The molecule has 0 fully saturated rings. The number of hydrogen-bond acceptors (Lipinski definition) is 2. The molecule has 2 aromatic carbocycles. The minimum Gasteiger partial charge on any atom is -0.497 e. The Bertz CT molecular complexity index is 601. The van der Waals surface area contributed by atoms with Gasteiger partial charge in [0.05, 0.1) is 7.11 Å². The number of benzene rings is 2. The number of ether oxygens (including phenoxy) is 1. The molecule has 2 rings (SSSR count). The molecule has 3 heteroatoms. The molecule has 1 N–H and O–H groups in total. The van der Waals surface area contributed by atoms with Crippen LogP contribution in [0.25, 0.3) is 6.08 Å². The van der Waals surface area contributed by atoms with E-state index in [-0.39, 0.29) is 0 Å². The Morgan fingerprint density at radius 3 is 2.50 bits per heavy atom. The smallest absolute Gasteiger partial charge is 0.119 e. The zero-order valence-electron chi connectivity index (χ0n) is 11.5. The van der Waals surface area contributed by atoms with Gasteiger partial charge in [-0.05, 0) is 48.4 Å². The van der Waals surface area contributed by atoms with Gasteiger partial charge < -0.3 is 9.84 Å². The largest absolute Gasteiger partial charge is 0.497 e. The van der Waals surface area contributed by atoms with E-state index in [1.165, 1.54) is 0 Å². The quantitative estimate of drug-likeness (QED) is 0.910. The van der Waals surface area contributed by atoms with Crippen molar-refractivity contribution in [2.75, 3.05) is 7.11 Å². The van der Waals surface area contributed by atoms with Crippen LogP contribution in [0.2, 0.25) is 5.02 Å². The summed E-state index contributed by atoms with van der Waals surface area (Å²) in [6, 6.07) is 14.9. The van der Waals surface area contributed by atoms with Crippen molar-refractivity contribution in [1.82, 2.24) is 0 Å². The second kappa shape index (κ2) is 6.12. The first-order valence-corrected chi connectivity index (χ1v) is 6.71. The summed E-state index contributed by atoms with van der Waals surface area (Å²) in [7, 11) is 1.61. The third kappa shape index (κ3) is 3.62. The second-order valence-electron chi connectivity index (χ2n) is 4.76. The van der Waals surface area contributed by atoms with Crippen LogP contribution in [0.3, 0.4) is 0 Å². The maximum Gasteiger partial charge on any atom is 0.119 e. The maximum absolute atomic E-state index is 10.6. The molecule has 0 aliphatic rings. The van der Waals surface area contributed by atoms with Gasteiger partial charge in [-0.3, -0.25) is 0 Å². The van der Waals surface area contributed by atoms with E-state index in [0.29, 0.717) is 5.02 Å². The van der Waals surface area contributed by atoms with Crippen molar-refractivity contribution in [3.05, 3.63) is 70.8 Å². The lowest BCUT2D eigenvalue weighted by Crippen LogP contribution is -2.17. The molecule has 0 saturated heterocycles. The van der Waals surface area contributed by atoms with Gasteiger partial charge in [-0.1, -0.05) is 41.9 Å². The van der Waals surface area contributed by atoms with Gasteiger partial charge in [-0.15, -0.1) is 0 Å². The van der Waals surface area contributed by atoms with Crippen LogP contribution in [0.15, 0.2) is 54.6 Å². The van der Waals surface area contributed by atoms with Crippen molar-refractivity contribution in [3.8, 4) is 5.75 Å². The predicted molar refractivity (Wildman–Crippen MR) is 83.1 cm³/mol. The van der Waals surface area contributed by atoms with Crippen molar-refractivity contribution >= 4 is 17.7 Å². The Labute approximate surface area is 124 Å². The van der Waals surface area contributed by atoms with Crippen LogP contribution in [-0.4, -0.2) is 12.2 Å². The molecule has 0 heterocycles. The molecule has 0 aromatic heterocycles. The lowest BCUT2D eigenvalue weighted by molar-refractivity contribution is 0.112. The van der Waals surface area contributed by atoms with Crippen LogP contribution in [0.1, 0.15) is 18.1 Å². The Morgan fingerprint density at radius 2 is 1.85 bits per heavy atom. The van der Waals surface area contributed by atoms with Gasteiger partial charge in [-0.2, -0.15) is 0 Å². The van der Waals surface area contributed by atoms with Gasteiger partial charge in [-0.25, -0.2) is 0 Å². The SMILES string of the molecule is COc1cccc(C(C)(O)/C=C/c2ccc(Cl)cc2)c1. The Balaban J connectivity index is 2.23. The van der Waals surface area contributed by atoms with Crippen LogP contribution in [0, 0.1) is 0 Å². The number of halogens is 1. The van der Waals surface area contributed by atoms with Gasteiger partial charge in [0.25, 0.3) is 0 Å². The fraction of sp³-hybridized carbons (Fsp3) is 0.176. The van der Waals surface area contributed by atoms with Crippen molar-refractivity contribution < 1.29 is 9.84 Å². The molecule has 0 spiro atoms. The average molecular weight is 289 g/mol. The summed E-state index contributed by atoms with van der Waals surface area (Å²) in [5.74, 6) is 0.725. The third-order valence-electron chi connectivity index (χ3n) is 3.12. The molecule has 104 valence electrons. The van der Waals surface area contributed by atoms with E-state index in [4.69, 9.17) is 16.3 Å². The molecule has 1 atom stereocenters. The standard InChI is InChI=1S/C17H17ClO2/c1-17(19,14-4-3-5-16(12-14)20-2)11-10-13-6-8-15(18)9-7-13/h3-12,19H,1-2H3/b11-10+. The number of methoxy groups -OCH3 is 1. The lowest BCUT2D eigenvalue weighted by Gasteiger charge is -2.20. The number of hydrogen-bond donors (Lipinski definition) is 1. The van der Waals surface area contributed by atoms with E-state index >= 15 is 0 Å². The summed E-state index contributed by atoms with van der Waals surface area (Å²) < 4.78 is 5.18. The van der Waals surface area contributed by atoms with Gasteiger partial charge in [0.2, 0.25) is 0 Å². The van der Waals surface area contributed by atoms with Crippen LogP contribution < -0.4 is 4.74 Å². The first-order chi connectivity index (χ1) is 9.51. The summed E-state index contributed by atoms with van der Waals surface area (Å²) in [5.41, 5.74) is 0.702. The first kappa shape index (κ1) is 14.6. The van der Waals surface area contributed by atoms with Crippen molar-refractivity contribution in [3.63, 3.8) is 0 Å². The summed E-state index contributed by atoms with van der Waals surface area (Å²) in [6.07, 6.45) is 3.63. The zero-order chi connectivity index (χ0) is 14.6. The molecule has 20 heavy (non-hydrogen) atoms. The first-order valence-electron chi connectivity index (χ1n) is 6.33. The van der Waals surface area contributed by atoms with Crippen LogP contribution >= 0.6 is 11.6 Å². The van der Waals surface area contributed by atoms with E-state index in [1.807, 2.05) is 54.6 Å². The average Bonchev–Trinajstić information content (AvgIpc) is 2.47. The van der Waals surface area contributed by atoms with Crippen molar-refractivity contribution in [2.45, 2.75) is 12.5 Å². The molecule has 0 radical (unpaired) electrons. The van der Waals surface area contributed by atoms with Crippen molar-refractivity contribution in [2.24, 2.45) is 0 Å². The third-order valence-corrected chi connectivity index (χ3v) is 3.38. The highest BCUT2D eigenvalue weighted by Gasteiger charge is 2.19. The fourth-order valence-electron chi connectivity index (χ4n) is 1.87. The predicted octanol–water partition coefficient (Wildman–Crippen LogP) is 4.27. The molecular formula is C17H17ClO2. The summed E-state index contributed by atoms with van der Waals surface area (Å²) in [6.45, 7) is 1.74. The van der Waals surface area contributed by atoms with Crippen LogP contribution in [0.4, 0.5) is 0 Å². The summed E-state index contributed by atoms with van der Waals surface area (Å²) in [5, 5.41) is 11.2. The van der Waals surface area contributed by atoms with Gasteiger partial charge in [0, 0.05) is 5.02 Å². The normalized spacial score (nSPS) is 14.2. The van der Waals surface area contributed by atoms with E-state index in [1.54, 1.807) is 20.1 Å². The highest BCUT2D eigenvalue weighted by molar-refractivity contribution is 6.30. The van der Waals surface area contributed by atoms with E-state index < -0.39 is 5.60 Å². The van der Waals surface area contributed by atoms with Gasteiger partial charge in [0.1, 0.15) is 11.4 Å². The van der Waals surface area contributed by atoms with E-state index in [0.717, 1.165) is 16.9 Å². The molecule has 0 amide bonds. The molecule has 2 aromatic rings. The highest BCUT2D eigenvalue weighted by Crippen LogP contribution is 2.26. The minimum absolute atomic E-state index is 0.696. The summed E-state index contributed by atoms with van der Waals surface area (Å²) in [4.78, 5) is 0. The van der Waals surface area contributed by atoms with Gasteiger partial charge in [0.15, 0.2) is 0 Å². The maximum atomic E-state index is 10.6. The highest BCUT2D eigenvalue weighted by atomic mass is 35.5. The molecule has 1 unspecified atom stereocenters. The van der Waals surface area contributed by atoms with E-state index in [2.05, 4.69) is 0 Å². The lowest BCUT2D eigenvalue weighted by atomic mass is 9.94. The van der Waals surface area contributed by atoms with Crippen LogP contribution in [-0.2, 0) is 5.60 Å². The molecule has 0 saturated carbocycles. The monoisotopic (exact) mass is 288 g/mol. The Hall–Kier alpha value is -1.77. The second-order valence-corrected chi connectivity index (χ2v) is 5.20. The Morgan fingerprint density at radius 1 is 1.15 bits per heavy atom. The number of rotatable bonds is 4. The number of aliphatic hydroxyl groups is 1. The summed E-state index contributed by atoms with van der Waals surface area (Å²) >= 11 is 5.84. The zero-order valence-corrected chi connectivity index (χ0v) is 12.3.